The number of aryl methyl sites for hydroxylation is 2. The van der Waals surface area contributed by atoms with Crippen LogP contribution in [0.2, 0.25) is 0 Å². The maximum Gasteiger partial charge on any atom is 0.227 e. The van der Waals surface area contributed by atoms with Gasteiger partial charge < -0.3 is 9.64 Å². The summed E-state index contributed by atoms with van der Waals surface area (Å²) in [4.78, 5) is 14.5. The zero-order valence-electron chi connectivity index (χ0n) is 20.9. The molecule has 0 unspecified atom stereocenters. The first-order valence-electron chi connectivity index (χ1n) is 13.3. The fraction of sp³-hybridized carbons (Fsp3) is 0.517. The minimum atomic E-state index is 0.212. The third-order valence-electron chi connectivity index (χ3n) is 7.30. The van der Waals surface area contributed by atoms with Crippen molar-refractivity contribution in [1.82, 2.24) is 5.01 Å². The van der Waals surface area contributed by atoms with Gasteiger partial charge in [0.25, 0.3) is 0 Å². The first kappa shape index (κ1) is 25.2. The van der Waals surface area contributed by atoms with Crippen LogP contribution in [0, 0.1) is 5.41 Å². The Bertz CT molecular complexity index is 972. The van der Waals surface area contributed by atoms with Crippen molar-refractivity contribution in [3.05, 3.63) is 59.7 Å². The first-order valence-corrected chi connectivity index (χ1v) is 13.3. The van der Waals surface area contributed by atoms with Crippen LogP contribution < -0.4 is 15.5 Å². The Morgan fingerprint density at radius 2 is 1.83 bits per heavy atom. The van der Waals surface area contributed by atoms with E-state index in [1.54, 1.807) is 5.01 Å². The Kier molecular flexibility index (Phi) is 9.18. The van der Waals surface area contributed by atoms with E-state index in [0.717, 1.165) is 62.9 Å². The highest BCUT2D eigenvalue weighted by atomic mass is 16.5. The van der Waals surface area contributed by atoms with Crippen LogP contribution in [-0.2, 0) is 17.6 Å². The largest absolute Gasteiger partial charge is 0.494 e. The van der Waals surface area contributed by atoms with Crippen LogP contribution in [0.5, 0.6) is 5.75 Å². The molecule has 0 radical (unpaired) electrons. The Hall–Kier alpha value is -2.86. The van der Waals surface area contributed by atoms with Crippen LogP contribution in [-0.4, -0.2) is 35.9 Å². The zero-order valence-corrected chi connectivity index (χ0v) is 20.9. The zero-order chi connectivity index (χ0) is 24.5. The summed E-state index contributed by atoms with van der Waals surface area (Å²) in [6.45, 7) is 1.37. The third-order valence-corrected chi connectivity index (χ3v) is 7.30. The number of anilines is 1. The van der Waals surface area contributed by atoms with Gasteiger partial charge >= 0.3 is 0 Å². The van der Waals surface area contributed by atoms with Crippen molar-refractivity contribution in [2.45, 2.75) is 83.1 Å². The number of nitrogens with zero attached hydrogens (tertiary/aromatic N) is 2. The molecule has 0 bridgehead atoms. The van der Waals surface area contributed by atoms with Gasteiger partial charge in [-0.15, -0.1) is 0 Å². The number of nitrogens with one attached hydrogen (secondary N) is 1. The smallest absolute Gasteiger partial charge is 0.227 e. The standard InChI is InChI=1S/C29H40N4O2/c30-28(33(31)25-13-5-2-6-14-25)15-7-8-21-35-26-17-18-27-24(22-26)16-19-29(34)32(27)20-9-12-23-10-3-1-4-11-23/h1,3-4,10-11,17-18,22,25,30H,2,5-9,12-16,19-21,31H2. The van der Waals surface area contributed by atoms with E-state index in [-0.39, 0.29) is 5.91 Å². The number of amidine groups is 1. The molecule has 1 heterocycles. The molecule has 0 atom stereocenters. The van der Waals surface area contributed by atoms with E-state index in [4.69, 9.17) is 16.0 Å². The molecule has 6 nitrogen and oxygen atoms in total. The SMILES string of the molecule is N=C(CCCCOc1ccc2c(c1)CCC(=O)N2CCCc1ccccc1)N(N)C1CCCCC1. The Labute approximate surface area is 209 Å². The summed E-state index contributed by atoms with van der Waals surface area (Å²) in [6.07, 6.45) is 11.7. The number of hydrazine groups is 1. The molecule has 1 aliphatic heterocycles. The molecule has 2 aromatic rings. The van der Waals surface area contributed by atoms with Gasteiger partial charge in [0.2, 0.25) is 5.91 Å². The molecule has 35 heavy (non-hydrogen) atoms. The number of carbonyl (C=O) groups is 1. The van der Waals surface area contributed by atoms with Crippen LogP contribution in [0.15, 0.2) is 48.5 Å². The lowest BCUT2D eigenvalue weighted by atomic mass is 9.95. The van der Waals surface area contributed by atoms with Crippen LogP contribution in [0.3, 0.4) is 0 Å². The summed E-state index contributed by atoms with van der Waals surface area (Å²) in [5.41, 5.74) is 3.53. The molecule has 188 valence electrons. The number of unbranched alkanes of at least 4 members (excludes halogenated alkanes) is 1. The van der Waals surface area contributed by atoms with Crippen molar-refractivity contribution in [2.24, 2.45) is 5.84 Å². The molecule has 2 aliphatic rings. The van der Waals surface area contributed by atoms with Gasteiger partial charge in [-0.3, -0.25) is 15.2 Å². The lowest BCUT2D eigenvalue weighted by molar-refractivity contribution is -0.118. The molecule has 1 saturated carbocycles. The molecule has 0 spiro atoms. The molecular formula is C29H40N4O2. The number of amides is 1. The van der Waals surface area contributed by atoms with Crippen molar-refractivity contribution in [1.29, 1.82) is 5.41 Å². The highest BCUT2D eigenvalue weighted by Crippen LogP contribution is 2.31. The second kappa shape index (κ2) is 12.7. The summed E-state index contributed by atoms with van der Waals surface area (Å²) in [7, 11) is 0. The van der Waals surface area contributed by atoms with Gasteiger partial charge in [-0.05, 0) is 74.3 Å². The predicted molar refractivity (Wildman–Crippen MR) is 142 cm³/mol. The topological polar surface area (TPSA) is 82.7 Å². The number of ether oxygens (including phenoxy) is 1. The van der Waals surface area contributed by atoms with E-state index in [0.29, 0.717) is 31.3 Å². The summed E-state index contributed by atoms with van der Waals surface area (Å²) >= 11 is 0. The quantitative estimate of drug-likeness (QED) is 0.145. The van der Waals surface area contributed by atoms with Crippen molar-refractivity contribution in [3.8, 4) is 5.75 Å². The Balaban J connectivity index is 1.20. The van der Waals surface area contributed by atoms with Gasteiger partial charge in [-0.25, -0.2) is 5.84 Å². The average Bonchev–Trinajstić information content (AvgIpc) is 2.90. The normalized spacial score (nSPS) is 16.1. The molecule has 0 saturated heterocycles. The average molecular weight is 477 g/mol. The number of rotatable bonds is 11. The predicted octanol–water partition coefficient (Wildman–Crippen LogP) is 5.63. The van der Waals surface area contributed by atoms with Crippen molar-refractivity contribution in [2.75, 3.05) is 18.1 Å². The number of carbonyl (C=O) groups excluding carboxylic acids is 1. The Morgan fingerprint density at radius 3 is 2.63 bits per heavy atom. The van der Waals surface area contributed by atoms with Crippen LogP contribution in [0.4, 0.5) is 5.69 Å². The molecule has 3 N–H and O–H groups in total. The van der Waals surface area contributed by atoms with Gasteiger partial charge in [-0.1, -0.05) is 49.6 Å². The van der Waals surface area contributed by atoms with Crippen molar-refractivity contribution >= 4 is 17.4 Å². The first-order chi connectivity index (χ1) is 17.1. The highest BCUT2D eigenvalue weighted by molar-refractivity contribution is 5.96. The minimum Gasteiger partial charge on any atom is -0.494 e. The van der Waals surface area contributed by atoms with Gasteiger partial charge in [-0.2, -0.15) is 0 Å². The summed E-state index contributed by atoms with van der Waals surface area (Å²) in [6, 6.07) is 16.9. The highest BCUT2D eigenvalue weighted by Gasteiger charge is 2.24. The molecular weight excluding hydrogens is 436 g/mol. The fourth-order valence-electron chi connectivity index (χ4n) is 5.25. The summed E-state index contributed by atoms with van der Waals surface area (Å²) in [5.74, 6) is 7.81. The van der Waals surface area contributed by atoms with Crippen LogP contribution in [0.25, 0.3) is 0 Å². The minimum absolute atomic E-state index is 0.212. The molecule has 4 rings (SSSR count). The summed E-state index contributed by atoms with van der Waals surface area (Å²) in [5, 5.41) is 10.00. The maximum atomic E-state index is 12.6. The molecule has 1 amide bonds. The van der Waals surface area contributed by atoms with E-state index in [1.165, 1.54) is 30.4 Å². The van der Waals surface area contributed by atoms with Crippen molar-refractivity contribution in [3.63, 3.8) is 0 Å². The number of fused-ring (bicyclic) bond motifs is 1. The summed E-state index contributed by atoms with van der Waals surface area (Å²) < 4.78 is 6.01. The molecule has 6 heteroatoms. The number of hydrogen-bond acceptors (Lipinski definition) is 4. The van der Waals surface area contributed by atoms with Crippen LogP contribution >= 0.6 is 0 Å². The van der Waals surface area contributed by atoms with E-state index < -0.39 is 0 Å². The number of nitrogens with two attached hydrogens (primary N) is 1. The van der Waals surface area contributed by atoms with Gasteiger partial charge in [0.05, 0.1) is 6.61 Å². The van der Waals surface area contributed by atoms with Crippen LogP contribution in [0.1, 0.15) is 75.3 Å². The lowest BCUT2D eigenvalue weighted by Crippen LogP contribution is -2.46. The number of hydrogen-bond donors (Lipinski definition) is 2. The third kappa shape index (κ3) is 7.07. The van der Waals surface area contributed by atoms with E-state index >= 15 is 0 Å². The second-order valence-electron chi connectivity index (χ2n) is 9.88. The van der Waals surface area contributed by atoms with Gasteiger partial charge in [0.15, 0.2) is 0 Å². The van der Waals surface area contributed by atoms with Crippen molar-refractivity contribution < 1.29 is 9.53 Å². The Morgan fingerprint density at radius 1 is 1.03 bits per heavy atom. The fourth-order valence-corrected chi connectivity index (χ4v) is 5.25. The molecule has 0 aromatic heterocycles. The lowest BCUT2D eigenvalue weighted by Gasteiger charge is -2.32. The van der Waals surface area contributed by atoms with Gasteiger partial charge in [0, 0.05) is 31.1 Å². The van der Waals surface area contributed by atoms with E-state index in [2.05, 4.69) is 30.3 Å². The van der Waals surface area contributed by atoms with Gasteiger partial charge in [0.1, 0.15) is 11.6 Å². The van der Waals surface area contributed by atoms with E-state index in [1.807, 2.05) is 23.1 Å². The molecule has 2 aromatic carbocycles. The molecule has 1 fully saturated rings. The van der Waals surface area contributed by atoms with E-state index in [9.17, 15) is 4.79 Å². The monoisotopic (exact) mass is 476 g/mol. The second-order valence-corrected chi connectivity index (χ2v) is 9.88. The maximum absolute atomic E-state index is 12.6. The number of benzene rings is 2. The molecule has 1 aliphatic carbocycles.